The largest absolute Gasteiger partial charge is 0.493 e. The van der Waals surface area contributed by atoms with Crippen molar-refractivity contribution in [1.29, 1.82) is 0 Å². The highest BCUT2D eigenvalue weighted by molar-refractivity contribution is 5.94. The number of carbonyl (C=O) groups excluding carboxylic acids is 1. The summed E-state index contributed by atoms with van der Waals surface area (Å²) in [5.41, 5.74) is 1.19. The van der Waals surface area contributed by atoms with E-state index in [4.69, 9.17) is 9.47 Å². The molecule has 1 saturated carbocycles. The van der Waals surface area contributed by atoms with Crippen LogP contribution in [0.1, 0.15) is 47.5 Å². The average molecular weight is 448 g/mol. The van der Waals surface area contributed by atoms with E-state index in [0.717, 1.165) is 5.56 Å². The Balaban J connectivity index is 1.86. The maximum Gasteiger partial charge on any atom is 0.303 e. The molecule has 3 atom stereocenters. The van der Waals surface area contributed by atoms with Gasteiger partial charge in [0.2, 0.25) is 0 Å². The van der Waals surface area contributed by atoms with Crippen LogP contribution in [0.4, 0.5) is 8.78 Å². The number of carbonyl (C=O) groups is 2. The van der Waals surface area contributed by atoms with E-state index in [-0.39, 0.29) is 36.0 Å². The van der Waals surface area contributed by atoms with Crippen molar-refractivity contribution in [1.82, 2.24) is 10.3 Å². The van der Waals surface area contributed by atoms with E-state index in [0.29, 0.717) is 30.6 Å². The van der Waals surface area contributed by atoms with Gasteiger partial charge in [0.05, 0.1) is 12.7 Å². The molecule has 3 unspecified atom stereocenters. The van der Waals surface area contributed by atoms with Crippen molar-refractivity contribution in [3.63, 3.8) is 0 Å². The summed E-state index contributed by atoms with van der Waals surface area (Å²) in [6.07, 6.45) is 2.23. The monoisotopic (exact) mass is 448 g/mol. The van der Waals surface area contributed by atoms with Gasteiger partial charge in [-0.05, 0) is 55.0 Å². The van der Waals surface area contributed by atoms with Gasteiger partial charge < -0.3 is 19.9 Å². The van der Waals surface area contributed by atoms with Crippen molar-refractivity contribution in [2.75, 3.05) is 13.7 Å². The number of rotatable bonds is 9. The third-order valence-corrected chi connectivity index (χ3v) is 5.64. The molecule has 2 aromatic rings. The van der Waals surface area contributed by atoms with E-state index in [2.05, 4.69) is 10.3 Å². The van der Waals surface area contributed by atoms with Gasteiger partial charge in [0.25, 0.3) is 12.3 Å². The minimum atomic E-state index is -2.63. The first-order chi connectivity index (χ1) is 15.4. The molecule has 1 amide bonds. The maximum atomic E-state index is 12.7. The molecule has 1 aliphatic rings. The minimum absolute atomic E-state index is 0.0324. The zero-order valence-corrected chi connectivity index (χ0v) is 17.7. The summed E-state index contributed by atoms with van der Waals surface area (Å²) in [6, 6.07) is 8.15. The maximum absolute atomic E-state index is 12.7. The lowest BCUT2D eigenvalue weighted by molar-refractivity contribution is -0.138. The summed E-state index contributed by atoms with van der Waals surface area (Å²) in [7, 11) is 1.42. The zero-order valence-electron chi connectivity index (χ0n) is 17.7. The van der Waals surface area contributed by atoms with Crippen molar-refractivity contribution in [2.45, 2.75) is 44.1 Å². The second kappa shape index (κ2) is 10.9. The highest BCUT2D eigenvalue weighted by atomic mass is 19.3. The number of methoxy groups -OCH3 is 1. The highest BCUT2D eigenvalue weighted by Gasteiger charge is 2.34. The lowest BCUT2D eigenvalue weighted by Crippen LogP contribution is -2.43. The Bertz CT molecular complexity index is 926. The van der Waals surface area contributed by atoms with Gasteiger partial charge in [-0.3, -0.25) is 14.6 Å². The van der Waals surface area contributed by atoms with Crippen molar-refractivity contribution < 1.29 is 33.0 Å². The molecule has 3 rings (SSSR count). The molecule has 1 aliphatic carbocycles. The van der Waals surface area contributed by atoms with E-state index in [1.807, 2.05) is 0 Å². The molecule has 1 aromatic heterocycles. The second-order valence-electron chi connectivity index (χ2n) is 7.82. The van der Waals surface area contributed by atoms with E-state index in [1.165, 1.54) is 13.3 Å². The van der Waals surface area contributed by atoms with Crippen LogP contribution >= 0.6 is 0 Å². The summed E-state index contributed by atoms with van der Waals surface area (Å²) in [4.78, 5) is 27.9. The third kappa shape index (κ3) is 6.15. The van der Waals surface area contributed by atoms with Gasteiger partial charge in [-0.2, -0.15) is 0 Å². The number of hydrogen-bond acceptors (Lipinski definition) is 5. The topological polar surface area (TPSA) is 97.8 Å². The number of amides is 1. The predicted octanol–water partition coefficient (Wildman–Crippen LogP) is 3.89. The van der Waals surface area contributed by atoms with Crippen molar-refractivity contribution in [3.05, 3.63) is 53.9 Å². The van der Waals surface area contributed by atoms with Crippen molar-refractivity contribution in [3.8, 4) is 11.5 Å². The summed E-state index contributed by atoms with van der Waals surface area (Å²) < 4.78 is 35.8. The molecule has 172 valence electrons. The van der Waals surface area contributed by atoms with Gasteiger partial charge in [-0.1, -0.05) is 6.07 Å². The molecule has 0 spiro atoms. The number of aliphatic carboxylic acids is 1. The first kappa shape index (κ1) is 23.4. The van der Waals surface area contributed by atoms with Crippen LogP contribution in [0.2, 0.25) is 0 Å². The molecular formula is C23H26F2N2O5. The number of carboxylic acids is 1. The number of alkyl halides is 2. The summed E-state index contributed by atoms with van der Waals surface area (Å²) in [5, 5.41) is 12.3. The fraction of sp³-hybridized carbons (Fsp3) is 0.435. The van der Waals surface area contributed by atoms with Gasteiger partial charge in [0.15, 0.2) is 11.5 Å². The SMILES string of the molecule is COc1ccc(C2CC(CC(=O)O)CCC2NC(=O)c2cccnc2)cc1OCC(F)F. The lowest BCUT2D eigenvalue weighted by atomic mass is 9.73. The van der Waals surface area contributed by atoms with Crippen LogP contribution in [0.25, 0.3) is 0 Å². The molecule has 9 heteroatoms. The summed E-state index contributed by atoms with van der Waals surface area (Å²) in [5.74, 6) is -0.911. The zero-order chi connectivity index (χ0) is 23.1. The van der Waals surface area contributed by atoms with Gasteiger partial charge in [0, 0.05) is 30.8 Å². The molecule has 0 radical (unpaired) electrons. The number of hydrogen-bond donors (Lipinski definition) is 2. The van der Waals surface area contributed by atoms with E-state index in [1.54, 1.807) is 36.5 Å². The fourth-order valence-electron chi connectivity index (χ4n) is 4.17. The van der Waals surface area contributed by atoms with Gasteiger partial charge in [0.1, 0.15) is 6.61 Å². The smallest absolute Gasteiger partial charge is 0.303 e. The quantitative estimate of drug-likeness (QED) is 0.604. The summed E-state index contributed by atoms with van der Waals surface area (Å²) >= 11 is 0. The molecule has 1 heterocycles. The Labute approximate surface area is 184 Å². The van der Waals surface area contributed by atoms with Crippen molar-refractivity contribution >= 4 is 11.9 Å². The molecule has 32 heavy (non-hydrogen) atoms. The number of nitrogens with zero attached hydrogens (tertiary/aromatic N) is 1. The number of benzene rings is 1. The van der Waals surface area contributed by atoms with Crippen molar-refractivity contribution in [2.24, 2.45) is 5.92 Å². The Morgan fingerprint density at radius 3 is 2.72 bits per heavy atom. The second-order valence-corrected chi connectivity index (χ2v) is 7.82. The number of carboxylic acid groups (broad SMARTS) is 1. The van der Waals surface area contributed by atoms with E-state index in [9.17, 15) is 23.5 Å². The lowest BCUT2D eigenvalue weighted by Gasteiger charge is -2.37. The number of ether oxygens (including phenoxy) is 2. The van der Waals surface area contributed by atoms with Gasteiger partial charge >= 0.3 is 5.97 Å². The van der Waals surface area contributed by atoms with E-state index >= 15 is 0 Å². The van der Waals surface area contributed by atoms with Crippen LogP contribution in [0, 0.1) is 5.92 Å². The van der Waals surface area contributed by atoms with Crippen LogP contribution in [0.3, 0.4) is 0 Å². The number of halogens is 2. The normalized spacial score (nSPS) is 20.6. The molecule has 7 nitrogen and oxygen atoms in total. The van der Waals surface area contributed by atoms with Crippen LogP contribution in [-0.4, -0.2) is 48.2 Å². The fourth-order valence-corrected chi connectivity index (χ4v) is 4.17. The number of nitrogens with one attached hydrogen (secondary N) is 1. The van der Waals surface area contributed by atoms with E-state index < -0.39 is 19.0 Å². The molecule has 2 N–H and O–H groups in total. The highest BCUT2D eigenvalue weighted by Crippen LogP contribution is 2.41. The number of aromatic nitrogens is 1. The number of pyridine rings is 1. The Hall–Kier alpha value is -3.23. The standard InChI is InChI=1S/C23H26F2N2O5/c1-31-19-7-5-15(11-20(19)32-13-21(24)25)17-9-14(10-22(28)29)4-6-18(17)27-23(30)16-3-2-8-26-12-16/h2-3,5,7-8,11-12,14,17-18,21H,4,6,9-10,13H2,1H3,(H,27,30)(H,28,29). The molecular weight excluding hydrogens is 422 g/mol. The average Bonchev–Trinajstić information content (AvgIpc) is 2.78. The molecule has 1 fully saturated rings. The van der Waals surface area contributed by atoms with Gasteiger partial charge in [-0.25, -0.2) is 8.78 Å². The minimum Gasteiger partial charge on any atom is -0.493 e. The molecule has 1 aromatic carbocycles. The molecule has 0 bridgehead atoms. The van der Waals surface area contributed by atoms with Gasteiger partial charge in [-0.15, -0.1) is 0 Å². The Morgan fingerprint density at radius 1 is 1.25 bits per heavy atom. The Kier molecular flexibility index (Phi) is 7.97. The first-order valence-electron chi connectivity index (χ1n) is 10.4. The molecule has 0 saturated heterocycles. The van der Waals surface area contributed by atoms with Crippen LogP contribution in [0.15, 0.2) is 42.7 Å². The first-order valence-corrected chi connectivity index (χ1v) is 10.4. The molecule has 0 aliphatic heterocycles. The summed E-state index contributed by atoms with van der Waals surface area (Å²) in [6.45, 7) is -0.771. The van der Waals surface area contributed by atoms with Crippen LogP contribution in [-0.2, 0) is 4.79 Å². The van der Waals surface area contributed by atoms with Crippen LogP contribution < -0.4 is 14.8 Å². The predicted molar refractivity (Wildman–Crippen MR) is 112 cm³/mol. The van der Waals surface area contributed by atoms with Crippen LogP contribution in [0.5, 0.6) is 11.5 Å². The Morgan fingerprint density at radius 2 is 2.06 bits per heavy atom. The third-order valence-electron chi connectivity index (χ3n) is 5.64.